The maximum Gasteiger partial charge on any atom is 0.342 e. The highest BCUT2D eigenvalue weighted by Gasteiger charge is 2.24. The second-order valence-electron chi connectivity index (χ2n) is 5.57. The maximum atomic E-state index is 12.6. The number of rotatable bonds is 6. The zero-order valence-electron chi connectivity index (χ0n) is 14.2. The van der Waals surface area contributed by atoms with Gasteiger partial charge >= 0.3 is 5.97 Å². The molecule has 6 nitrogen and oxygen atoms in total. The number of nitrogens with one attached hydrogen (secondary N) is 1. The molecule has 0 aliphatic rings. The Morgan fingerprint density at radius 1 is 1.19 bits per heavy atom. The van der Waals surface area contributed by atoms with E-state index in [9.17, 15) is 19.5 Å². The predicted octanol–water partition coefficient (Wildman–Crippen LogP) is 3.53. The molecule has 142 valence electrons. The van der Waals surface area contributed by atoms with Crippen molar-refractivity contribution in [2.24, 2.45) is 0 Å². The molecule has 0 aliphatic carbocycles. The first-order valence-electron chi connectivity index (χ1n) is 7.67. The Morgan fingerprint density at radius 3 is 2.48 bits per heavy atom. The molecule has 0 unspecified atom stereocenters. The molecule has 0 aliphatic heterocycles. The summed E-state index contributed by atoms with van der Waals surface area (Å²) in [7, 11) is 0. The van der Waals surface area contributed by atoms with Gasteiger partial charge in [-0.15, -0.1) is 11.3 Å². The van der Waals surface area contributed by atoms with Crippen LogP contribution in [0.15, 0.2) is 35.7 Å². The molecular weight excluding hydrogens is 413 g/mol. The molecule has 9 heteroatoms. The van der Waals surface area contributed by atoms with Gasteiger partial charge < -0.3 is 20.0 Å². The Morgan fingerprint density at radius 2 is 1.89 bits per heavy atom. The minimum Gasteiger partial charge on any atom is -0.545 e. The lowest BCUT2D eigenvalue weighted by Gasteiger charge is -2.12. The summed E-state index contributed by atoms with van der Waals surface area (Å²) in [6.45, 7) is 3.39. The standard InChI is InChI=1S/C18H15Cl2NO5S/c1-9(2)26-18(25)16-12(11-4-3-10(19)7-13(11)20)8-27-17(16)21-14(22)5-6-15(23)24/h3-9H,1-2H3,(H,21,22)(H,23,24)/p-1/b6-5+. The van der Waals surface area contributed by atoms with Crippen molar-refractivity contribution in [1.82, 2.24) is 0 Å². The molecule has 0 atom stereocenters. The number of ether oxygens (including phenoxy) is 1. The number of halogens is 2. The number of hydrogen-bond donors (Lipinski definition) is 1. The van der Waals surface area contributed by atoms with Gasteiger partial charge in [-0.2, -0.15) is 0 Å². The van der Waals surface area contributed by atoms with Crippen molar-refractivity contribution in [3.05, 3.63) is 51.3 Å². The quantitative estimate of drug-likeness (QED) is 0.562. The van der Waals surface area contributed by atoms with Crippen LogP contribution in [0.3, 0.4) is 0 Å². The van der Waals surface area contributed by atoms with Crippen molar-refractivity contribution >= 4 is 57.4 Å². The molecule has 1 aromatic heterocycles. The molecule has 1 N–H and O–H groups in total. The van der Waals surface area contributed by atoms with E-state index in [1.165, 1.54) is 6.07 Å². The summed E-state index contributed by atoms with van der Waals surface area (Å²) < 4.78 is 5.27. The van der Waals surface area contributed by atoms with Gasteiger partial charge in [-0.1, -0.05) is 29.3 Å². The number of amides is 1. The topological polar surface area (TPSA) is 95.5 Å². The Kier molecular flexibility index (Phi) is 7.01. The lowest BCUT2D eigenvalue weighted by atomic mass is 10.0. The van der Waals surface area contributed by atoms with Gasteiger partial charge in [0.2, 0.25) is 5.91 Å². The fourth-order valence-corrected chi connectivity index (χ4v) is 3.59. The van der Waals surface area contributed by atoms with E-state index < -0.39 is 17.8 Å². The van der Waals surface area contributed by atoms with Crippen LogP contribution in [-0.2, 0) is 14.3 Å². The van der Waals surface area contributed by atoms with Crippen molar-refractivity contribution in [2.75, 3.05) is 5.32 Å². The third-order valence-corrected chi connectivity index (χ3v) is 4.61. The van der Waals surface area contributed by atoms with E-state index >= 15 is 0 Å². The number of benzene rings is 1. The van der Waals surface area contributed by atoms with Crippen LogP contribution in [0.5, 0.6) is 0 Å². The second-order valence-corrected chi connectivity index (χ2v) is 7.30. The molecule has 0 bridgehead atoms. The van der Waals surface area contributed by atoms with E-state index in [-0.39, 0.29) is 16.7 Å². The van der Waals surface area contributed by atoms with Crippen LogP contribution in [0.1, 0.15) is 24.2 Å². The molecule has 1 aromatic carbocycles. The normalized spacial score (nSPS) is 11.0. The van der Waals surface area contributed by atoms with Crippen LogP contribution in [0.2, 0.25) is 10.0 Å². The van der Waals surface area contributed by atoms with Crippen LogP contribution >= 0.6 is 34.5 Å². The van der Waals surface area contributed by atoms with Crippen LogP contribution in [-0.4, -0.2) is 23.9 Å². The van der Waals surface area contributed by atoms with Crippen molar-refractivity contribution in [1.29, 1.82) is 0 Å². The number of carbonyl (C=O) groups excluding carboxylic acids is 3. The smallest absolute Gasteiger partial charge is 0.342 e. The maximum absolute atomic E-state index is 12.6. The number of hydrogen-bond acceptors (Lipinski definition) is 6. The van der Waals surface area contributed by atoms with Crippen molar-refractivity contribution in [2.45, 2.75) is 20.0 Å². The number of carboxylic acids is 1. The van der Waals surface area contributed by atoms with E-state index in [1.807, 2.05) is 0 Å². The molecule has 0 saturated heterocycles. The van der Waals surface area contributed by atoms with Gasteiger partial charge in [0.05, 0.1) is 12.1 Å². The zero-order valence-corrected chi connectivity index (χ0v) is 16.6. The average Bonchev–Trinajstić information content (AvgIpc) is 2.95. The molecule has 2 aromatic rings. The molecule has 0 radical (unpaired) electrons. The monoisotopic (exact) mass is 426 g/mol. The van der Waals surface area contributed by atoms with Crippen LogP contribution in [0, 0.1) is 0 Å². The number of carboxylic acid groups (broad SMARTS) is 1. The lowest BCUT2D eigenvalue weighted by Crippen LogP contribution is -2.20. The summed E-state index contributed by atoms with van der Waals surface area (Å²) >= 11 is 13.2. The molecular formula is C18H14Cl2NO5S-. The van der Waals surface area contributed by atoms with Crippen molar-refractivity contribution in [3.8, 4) is 11.1 Å². The third kappa shape index (κ3) is 5.56. The summed E-state index contributed by atoms with van der Waals surface area (Å²) in [5.41, 5.74) is 1.12. The summed E-state index contributed by atoms with van der Waals surface area (Å²) in [5.74, 6) is -2.88. The van der Waals surface area contributed by atoms with Crippen molar-refractivity contribution < 1.29 is 24.2 Å². The fraction of sp³-hybridized carbons (Fsp3) is 0.167. The van der Waals surface area contributed by atoms with Crippen LogP contribution in [0.25, 0.3) is 11.1 Å². The van der Waals surface area contributed by atoms with Gasteiger partial charge in [-0.05, 0) is 32.1 Å². The van der Waals surface area contributed by atoms with E-state index in [0.29, 0.717) is 27.2 Å². The van der Waals surface area contributed by atoms with E-state index in [2.05, 4.69) is 5.32 Å². The zero-order chi connectivity index (χ0) is 20.1. The van der Waals surface area contributed by atoms with Gasteiger partial charge in [0.25, 0.3) is 0 Å². The number of carbonyl (C=O) groups is 3. The average molecular weight is 427 g/mol. The highest BCUT2D eigenvalue weighted by Crippen LogP contribution is 2.40. The minimum atomic E-state index is -1.51. The van der Waals surface area contributed by atoms with E-state index in [0.717, 1.165) is 17.4 Å². The number of esters is 1. The van der Waals surface area contributed by atoms with E-state index in [1.54, 1.807) is 31.4 Å². The fourth-order valence-electron chi connectivity index (χ4n) is 2.13. The minimum absolute atomic E-state index is 0.119. The first-order chi connectivity index (χ1) is 12.7. The Labute approximate surface area is 169 Å². The predicted molar refractivity (Wildman–Crippen MR) is 103 cm³/mol. The first-order valence-corrected chi connectivity index (χ1v) is 9.30. The summed E-state index contributed by atoms with van der Waals surface area (Å²) in [6.07, 6.45) is 1.00. The van der Waals surface area contributed by atoms with Gasteiger partial charge in [-0.25, -0.2) is 4.79 Å². The lowest BCUT2D eigenvalue weighted by molar-refractivity contribution is -0.297. The third-order valence-electron chi connectivity index (χ3n) is 3.17. The van der Waals surface area contributed by atoms with Gasteiger partial charge in [-0.3, -0.25) is 4.79 Å². The highest BCUT2D eigenvalue weighted by atomic mass is 35.5. The Balaban J connectivity index is 2.48. The number of thiophene rings is 1. The Hall–Kier alpha value is -2.35. The van der Waals surface area contributed by atoms with Crippen LogP contribution in [0.4, 0.5) is 5.00 Å². The second kappa shape index (κ2) is 9.03. The molecule has 1 amide bonds. The molecule has 27 heavy (non-hydrogen) atoms. The van der Waals surface area contributed by atoms with Gasteiger partial charge in [0, 0.05) is 32.6 Å². The SMILES string of the molecule is CC(C)OC(=O)c1c(-c2ccc(Cl)cc2Cl)csc1NC(=O)/C=C/C(=O)[O-]. The highest BCUT2D eigenvalue weighted by molar-refractivity contribution is 7.15. The van der Waals surface area contributed by atoms with Gasteiger partial charge in [0.1, 0.15) is 10.6 Å². The molecule has 0 fully saturated rings. The van der Waals surface area contributed by atoms with Crippen molar-refractivity contribution in [3.63, 3.8) is 0 Å². The van der Waals surface area contributed by atoms with Gasteiger partial charge in [0.15, 0.2) is 0 Å². The molecule has 0 spiro atoms. The summed E-state index contributed by atoms with van der Waals surface area (Å²) in [4.78, 5) is 34.9. The van der Waals surface area contributed by atoms with E-state index in [4.69, 9.17) is 27.9 Å². The van der Waals surface area contributed by atoms with Crippen LogP contribution < -0.4 is 10.4 Å². The largest absolute Gasteiger partial charge is 0.545 e. The molecule has 1 heterocycles. The Bertz CT molecular complexity index is 920. The summed E-state index contributed by atoms with van der Waals surface area (Å²) in [6, 6.07) is 4.81. The summed E-state index contributed by atoms with van der Waals surface area (Å²) in [5, 5.41) is 15.5. The molecule has 2 rings (SSSR count). The number of aliphatic carboxylic acids is 1. The first kappa shape index (κ1) is 21.0. The number of anilines is 1. The molecule has 0 saturated carbocycles.